The first kappa shape index (κ1) is 17.9. The monoisotopic (exact) mass is 358 g/mol. The lowest BCUT2D eigenvalue weighted by molar-refractivity contribution is 1.73. The summed E-state index contributed by atoms with van der Waals surface area (Å²) < 4.78 is 0. The van der Waals surface area contributed by atoms with Crippen LogP contribution in [0.15, 0.2) is 91.0 Å². The van der Waals surface area contributed by atoms with E-state index in [4.69, 9.17) is 0 Å². The highest BCUT2D eigenvalue weighted by atomic mass is 35.5. The Bertz CT molecular complexity index is 667. The van der Waals surface area contributed by atoms with Gasteiger partial charge in [0, 0.05) is 0 Å². The summed E-state index contributed by atoms with van der Waals surface area (Å²) in [7, 11) is 0. The zero-order valence-electron chi connectivity index (χ0n) is 13.0. The number of thioether (sulfide) groups is 1. The molecule has 23 heavy (non-hydrogen) atoms. The lowest BCUT2D eigenvalue weighted by atomic mass is 10.4. The van der Waals surface area contributed by atoms with Crippen LogP contribution in [0.3, 0.4) is 0 Å². The van der Waals surface area contributed by atoms with E-state index < -0.39 is 6.89 Å². The number of halogens is 1. The molecule has 0 heterocycles. The molecule has 3 aromatic carbocycles. The fraction of sp³-hybridized carbons (Fsp3) is 0.0500. The molecule has 0 aliphatic carbocycles. The number of rotatable bonds is 4. The standard InChI is InChI=1S/C20H19PS.ClH/c1-22-17-21(18-11-5-2-6-12-18,19-13-7-3-8-14-19)20-15-9-4-10-16-20;/h2-17H,1H3;1H. The quantitative estimate of drug-likeness (QED) is 0.618. The van der Waals surface area contributed by atoms with Gasteiger partial charge in [-0.1, -0.05) is 91.0 Å². The third-order valence-corrected chi connectivity index (χ3v) is 9.20. The predicted molar refractivity (Wildman–Crippen MR) is 112 cm³/mol. The van der Waals surface area contributed by atoms with Crippen LogP contribution in [-0.2, 0) is 0 Å². The van der Waals surface area contributed by atoms with E-state index >= 15 is 0 Å². The predicted octanol–water partition coefficient (Wildman–Crippen LogP) is 4.53. The Labute approximate surface area is 149 Å². The maximum absolute atomic E-state index is 2.45. The average molecular weight is 359 g/mol. The topological polar surface area (TPSA) is 0 Å². The van der Waals surface area contributed by atoms with Crippen LogP contribution in [0.25, 0.3) is 0 Å². The van der Waals surface area contributed by atoms with Crippen molar-refractivity contribution >= 4 is 52.1 Å². The van der Waals surface area contributed by atoms with Crippen molar-refractivity contribution in [2.75, 3.05) is 6.26 Å². The molecule has 0 aromatic heterocycles. The Morgan fingerprint density at radius 2 is 0.913 bits per heavy atom. The maximum atomic E-state index is 2.45. The van der Waals surface area contributed by atoms with Gasteiger partial charge < -0.3 is 0 Å². The van der Waals surface area contributed by atoms with Crippen LogP contribution >= 0.6 is 31.1 Å². The van der Waals surface area contributed by atoms with E-state index in [1.807, 2.05) is 11.8 Å². The van der Waals surface area contributed by atoms with Crippen LogP contribution in [0.2, 0.25) is 0 Å². The van der Waals surface area contributed by atoms with Gasteiger partial charge in [-0.2, -0.15) is 0 Å². The molecule has 0 saturated carbocycles. The Morgan fingerprint density at radius 1 is 0.609 bits per heavy atom. The lowest BCUT2D eigenvalue weighted by Crippen LogP contribution is -2.26. The van der Waals surface area contributed by atoms with Crippen molar-refractivity contribution in [3.8, 4) is 0 Å². The van der Waals surface area contributed by atoms with Crippen molar-refractivity contribution in [1.29, 1.82) is 0 Å². The first-order chi connectivity index (χ1) is 10.9. The summed E-state index contributed by atoms with van der Waals surface area (Å²) in [6.07, 6.45) is 2.16. The highest BCUT2D eigenvalue weighted by Crippen LogP contribution is 2.44. The molecular formula is C20H20ClPS. The van der Waals surface area contributed by atoms with Gasteiger partial charge in [-0.05, 0) is 34.2 Å². The van der Waals surface area contributed by atoms with Gasteiger partial charge in [0.2, 0.25) is 0 Å². The first-order valence-corrected chi connectivity index (χ1v) is 10.5. The molecule has 0 fully saturated rings. The smallest absolute Gasteiger partial charge is 0.0142 e. The third kappa shape index (κ3) is 3.58. The molecule has 0 amide bonds. The first-order valence-electron chi connectivity index (χ1n) is 7.31. The summed E-state index contributed by atoms with van der Waals surface area (Å²) in [5.41, 5.74) is 0. The lowest BCUT2D eigenvalue weighted by Gasteiger charge is -2.28. The summed E-state index contributed by atoms with van der Waals surface area (Å²) in [6.45, 7) is -1.72. The van der Waals surface area contributed by atoms with Crippen LogP contribution in [0.5, 0.6) is 0 Å². The Kier molecular flexibility index (Phi) is 6.59. The van der Waals surface area contributed by atoms with E-state index in [0.717, 1.165) is 0 Å². The fourth-order valence-electron chi connectivity index (χ4n) is 2.78. The van der Waals surface area contributed by atoms with Gasteiger partial charge in [0.1, 0.15) is 0 Å². The second-order valence-electron chi connectivity index (χ2n) is 5.07. The van der Waals surface area contributed by atoms with Gasteiger partial charge in [0.15, 0.2) is 0 Å². The highest BCUT2D eigenvalue weighted by Gasteiger charge is 2.24. The Morgan fingerprint density at radius 3 is 1.17 bits per heavy atom. The van der Waals surface area contributed by atoms with E-state index in [-0.39, 0.29) is 12.4 Å². The van der Waals surface area contributed by atoms with Crippen molar-refractivity contribution < 1.29 is 0 Å². The number of hydrogen-bond acceptors (Lipinski definition) is 1. The minimum absolute atomic E-state index is 0. The second kappa shape index (κ2) is 8.45. The van der Waals surface area contributed by atoms with Gasteiger partial charge >= 0.3 is 0 Å². The summed E-state index contributed by atoms with van der Waals surface area (Å²) in [4.78, 5) is 0. The summed E-state index contributed by atoms with van der Waals surface area (Å²) in [5, 5.41) is 6.66. The van der Waals surface area contributed by atoms with E-state index in [0.29, 0.717) is 0 Å². The fourth-order valence-corrected chi connectivity index (χ4v) is 8.32. The largest absolute Gasteiger partial charge is 0.147 e. The molecule has 0 aliphatic heterocycles. The van der Waals surface area contributed by atoms with Crippen LogP contribution in [0, 0.1) is 0 Å². The van der Waals surface area contributed by atoms with E-state index in [2.05, 4.69) is 102 Å². The van der Waals surface area contributed by atoms with Crippen molar-refractivity contribution in [3.05, 3.63) is 91.0 Å². The van der Waals surface area contributed by atoms with Gasteiger partial charge in [-0.25, -0.2) is 0 Å². The molecule has 0 nitrogen and oxygen atoms in total. The van der Waals surface area contributed by atoms with Crippen LogP contribution in [-0.4, -0.2) is 11.4 Å². The SMILES string of the molecule is CSC=P(c1ccccc1)(c1ccccc1)c1ccccc1.Cl. The molecule has 0 radical (unpaired) electrons. The molecular weight excluding hydrogens is 339 g/mol. The molecule has 0 unspecified atom stereocenters. The van der Waals surface area contributed by atoms with Crippen molar-refractivity contribution in [3.63, 3.8) is 0 Å². The van der Waals surface area contributed by atoms with Crippen LogP contribution in [0.4, 0.5) is 0 Å². The molecule has 3 rings (SSSR count). The highest BCUT2D eigenvalue weighted by molar-refractivity contribution is 8.22. The van der Waals surface area contributed by atoms with Crippen LogP contribution < -0.4 is 15.9 Å². The van der Waals surface area contributed by atoms with Crippen molar-refractivity contribution in [2.24, 2.45) is 0 Å². The summed E-state index contributed by atoms with van der Waals surface area (Å²) in [5.74, 6) is 0. The molecule has 118 valence electrons. The molecule has 0 aliphatic rings. The maximum Gasteiger partial charge on any atom is -0.0142 e. The normalized spacial score (nSPS) is 10.7. The minimum Gasteiger partial charge on any atom is -0.147 e. The van der Waals surface area contributed by atoms with Gasteiger partial charge in [-0.15, -0.1) is 24.2 Å². The molecule has 0 spiro atoms. The van der Waals surface area contributed by atoms with Crippen LogP contribution in [0.1, 0.15) is 0 Å². The van der Waals surface area contributed by atoms with E-state index in [1.165, 1.54) is 15.9 Å². The average Bonchev–Trinajstić information content (AvgIpc) is 2.62. The molecule has 3 aromatic rings. The summed E-state index contributed by atoms with van der Waals surface area (Å²) >= 11 is 1.82. The third-order valence-electron chi connectivity index (χ3n) is 3.75. The number of hydrogen-bond donors (Lipinski definition) is 0. The minimum atomic E-state index is -1.72. The second-order valence-corrected chi connectivity index (χ2v) is 9.38. The van der Waals surface area contributed by atoms with Crippen molar-refractivity contribution in [1.82, 2.24) is 0 Å². The van der Waals surface area contributed by atoms with E-state index in [9.17, 15) is 0 Å². The number of benzene rings is 3. The molecule has 0 bridgehead atoms. The van der Waals surface area contributed by atoms with Gasteiger partial charge in [0.25, 0.3) is 0 Å². The zero-order valence-corrected chi connectivity index (χ0v) is 15.5. The van der Waals surface area contributed by atoms with E-state index in [1.54, 1.807) is 0 Å². The molecule has 0 saturated heterocycles. The summed E-state index contributed by atoms with van der Waals surface area (Å²) in [6, 6.07) is 32.7. The van der Waals surface area contributed by atoms with Gasteiger partial charge in [-0.3, -0.25) is 0 Å². The van der Waals surface area contributed by atoms with Crippen molar-refractivity contribution in [2.45, 2.75) is 0 Å². The Balaban J connectivity index is 0.00000192. The van der Waals surface area contributed by atoms with Gasteiger partial charge in [0.05, 0.1) is 0 Å². The molecule has 0 N–H and O–H groups in total. The molecule has 3 heteroatoms. The zero-order chi connectivity index (χ0) is 15.3. The Hall–Kier alpha value is -1.40. The molecule has 0 atom stereocenters.